The molecule has 0 bridgehead atoms. The van der Waals surface area contributed by atoms with Crippen LogP contribution in [0.2, 0.25) is 0 Å². The van der Waals surface area contributed by atoms with E-state index in [1.807, 2.05) is 30.5 Å². The number of amides is 3. The number of nitrogens with two attached hydrogens (primary N) is 1. The normalized spacial score (nSPS) is 17.8. The van der Waals surface area contributed by atoms with E-state index < -0.39 is 47.9 Å². The molecule has 2 rings (SSSR count). The van der Waals surface area contributed by atoms with Crippen LogP contribution < -0.4 is 16.4 Å². The van der Waals surface area contributed by atoms with Gasteiger partial charge in [0.1, 0.15) is 18.1 Å². The summed E-state index contributed by atoms with van der Waals surface area (Å²) in [4.78, 5) is 52.6. The molecule has 10 nitrogen and oxygen atoms in total. The van der Waals surface area contributed by atoms with E-state index in [4.69, 9.17) is 10.8 Å². The van der Waals surface area contributed by atoms with Crippen LogP contribution in [0.25, 0.3) is 0 Å². The molecule has 0 spiro atoms. The summed E-state index contributed by atoms with van der Waals surface area (Å²) in [6, 6.07) is 3.54. The highest BCUT2D eigenvalue weighted by Crippen LogP contribution is 2.25. The first-order valence-corrected chi connectivity index (χ1v) is 13.1. The van der Waals surface area contributed by atoms with Gasteiger partial charge in [0.05, 0.1) is 6.04 Å². The molecule has 1 unspecified atom stereocenters. The highest BCUT2D eigenvalue weighted by molar-refractivity contribution is 7.98. The number of carboxylic acid groups (broad SMARTS) is 1. The van der Waals surface area contributed by atoms with Crippen LogP contribution in [0.4, 0.5) is 0 Å². The zero-order valence-corrected chi connectivity index (χ0v) is 21.2. The standard InChI is InChI=1S/C24H36N4O6S/c1-14(2)20(27-21(30)17(25)8-10-29)23(32)28-13-16-7-5-4-6-15(16)12-19(28)22(31)26-18(24(33)34)9-11-35-3/h4-7,14,17-20,29H,8-13,25H2,1-3H3,(H,26,31)(H,27,30)(H,33,34)/t17?,18-,19-,20+/m1/s1. The summed E-state index contributed by atoms with van der Waals surface area (Å²) in [6.07, 6.45) is 2.39. The maximum atomic E-state index is 13.7. The number of carbonyl (C=O) groups is 4. The lowest BCUT2D eigenvalue weighted by Crippen LogP contribution is -2.61. The largest absolute Gasteiger partial charge is 0.480 e. The van der Waals surface area contributed by atoms with Crippen LogP contribution >= 0.6 is 11.8 Å². The summed E-state index contributed by atoms with van der Waals surface area (Å²) in [5, 5.41) is 23.9. The van der Waals surface area contributed by atoms with Gasteiger partial charge in [-0.05, 0) is 41.9 Å². The van der Waals surface area contributed by atoms with Crippen molar-refractivity contribution >= 4 is 35.5 Å². The number of carbonyl (C=O) groups excluding carboxylic acids is 3. The van der Waals surface area contributed by atoms with Gasteiger partial charge in [-0.1, -0.05) is 38.1 Å². The third kappa shape index (κ3) is 7.68. The fourth-order valence-corrected chi connectivity index (χ4v) is 4.44. The second-order valence-electron chi connectivity index (χ2n) is 8.98. The Balaban J connectivity index is 2.33. The van der Waals surface area contributed by atoms with Crippen molar-refractivity contribution in [2.45, 2.75) is 63.8 Å². The van der Waals surface area contributed by atoms with Gasteiger partial charge in [0.25, 0.3) is 0 Å². The maximum Gasteiger partial charge on any atom is 0.326 e. The molecule has 0 saturated heterocycles. The van der Waals surface area contributed by atoms with Crippen molar-refractivity contribution in [2.75, 3.05) is 18.6 Å². The molecular weight excluding hydrogens is 472 g/mol. The average molecular weight is 509 g/mol. The lowest BCUT2D eigenvalue weighted by Gasteiger charge is -2.39. The lowest BCUT2D eigenvalue weighted by atomic mass is 9.91. The number of aliphatic carboxylic acids is 1. The molecular formula is C24H36N4O6S. The predicted molar refractivity (Wildman–Crippen MR) is 133 cm³/mol. The fourth-order valence-electron chi connectivity index (χ4n) is 3.97. The van der Waals surface area contributed by atoms with E-state index in [2.05, 4.69) is 10.6 Å². The minimum absolute atomic E-state index is 0.0551. The number of thioether (sulfide) groups is 1. The Kier molecular flexibility index (Phi) is 11.0. The van der Waals surface area contributed by atoms with Crippen molar-refractivity contribution in [2.24, 2.45) is 11.7 Å². The second kappa shape index (κ2) is 13.5. The van der Waals surface area contributed by atoms with Crippen molar-refractivity contribution in [3.8, 4) is 0 Å². The molecule has 1 heterocycles. The van der Waals surface area contributed by atoms with Crippen LogP contribution in [0.5, 0.6) is 0 Å². The van der Waals surface area contributed by atoms with Crippen LogP contribution in [-0.4, -0.2) is 81.6 Å². The molecule has 11 heteroatoms. The highest BCUT2D eigenvalue weighted by atomic mass is 32.2. The number of hydrogen-bond donors (Lipinski definition) is 5. The molecule has 4 atom stereocenters. The summed E-state index contributed by atoms with van der Waals surface area (Å²) in [6.45, 7) is 3.44. The summed E-state index contributed by atoms with van der Waals surface area (Å²) in [7, 11) is 0. The number of rotatable bonds is 12. The number of aliphatic hydroxyl groups is 1. The van der Waals surface area contributed by atoms with Crippen LogP contribution in [0, 0.1) is 5.92 Å². The Bertz CT molecular complexity index is 912. The first kappa shape index (κ1) is 28.6. The van der Waals surface area contributed by atoms with E-state index in [0.717, 1.165) is 11.1 Å². The fraction of sp³-hybridized carbons (Fsp3) is 0.583. The summed E-state index contributed by atoms with van der Waals surface area (Å²) < 4.78 is 0. The van der Waals surface area contributed by atoms with Crippen molar-refractivity contribution < 1.29 is 29.4 Å². The average Bonchev–Trinajstić information content (AvgIpc) is 2.83. The van der Waals surface area contributed by atoms with Gasteiger partial charge in [0.2, 0.25) is 17.7 Å². The van der Waals surface area contributed by atoms with E-state index in [9.17, 15) is 24.3 Å². The molecule has 0 aliphatic carbocycles. The number of fused-ring (bicyclic) bond motifs is 1. The number of nitrogens with zero attached hydrogens (tertiary/aromatic N) is 1. The smallest absolute Gasteiger partial charge is 0.326 e. The van der Waals surface area contributed by atoms with E-state index >= 15 is 0 Å². The Hall–Kier alpha value is -2.63. The van der Waals surface area contributed by atoms with Gasteiger partial charge in [-0.25, -0.2) is 4.79 Å². The number of benzene rings is 1. The predicted octanol–water partition coefficient (Wildman–Crippen LogP) is 0.113. The molecule has 1 aliphatic rings. The molecule has 3 amide bonds. The molecule has 0 radical (unpaired) electrons. The van der Waals surface area contributed by atoms with Crippen molar-refractivity contribution in [3.05, 3.63) is 35.4 Å². The summed E-state index contributed by atoms with van der Waals surface area (Å²) in [5.41, 5.74) is 7.59. The Morgan fingerprint density at radius 3 is 2.37 bits per heavy atom. The zero-order chi connectivity index (χ0) is 26.1. The van der Waals surface area contributed by atoms with Gasteiger partial charge in [-0.2, -0.15) is 11.8 Å². The van der Waals surface area contributed by atoms with Gasteiger partial charge in [0, 0.05) is 19.6 Å². The Morgan fingerprint density at radius 1 is 1.14 bits per heavy atom. The first-order chi connectivity index (χ1) is 16.6. The van der Waals surface area contributed by atoms with Crippen molar-refractivity contribution in [1.82, 2.24) is 15.5 Å². The van der Waals surface area contributed by atoms with Crippen LogP contribution in [-0.2, 0) is 32.1 Å². The topological polar surface area (TPSA) is 162 Å². The van der Waals surface area contributed by atoms with Crippen molar-refractivity contribution in [1.29, 1.82) is 0 Å². The third-order valence-corrected chi connectivity index (χ3v) is 6.71. The van der Waals surface area contributed by atoms with E-state index in [0.29, 0.717) is 5.75 Å². The second-order valence-corrected chi connectivity index (χ2v) is 9.97. The van der Waals surface area contributed by atoms with Gasteiger partial charge in [0.15, 0.2) is 0 Å². The van der Waals surface area contributed by atoms with E-state index in [1.54, 1.807) is 13.8 Å². The van der Waals surface area contributed by atoms with Crippen LogP contribution in [0.15, 0.2) is 24.3 Å². The van der Waals surface area contributed by atoms with Crippen LogP contribution in [0.1, 0.15) is 37.8 Å². The molecule has 1 aliphatic heterocycles. The van der Waals surface area contributed by atoms with Gasteiger partial charge in [-0.15, -0.1) is 0 Å². The highest BCUT2D eigenvalue weighted by Gasteiger charge is 2.40. The summed E-state index contributed by atoms with van der Waals surface area (Å²) in [5.74, 6) is -2.44. The molecule has 0 fully saturated rings. The Labute approximate surface area is 210 Å². The molecule has 6 N–H and O–H groups in total. The molecule has 0 aromatic heterocycles. The first-order valence-electron chi connectivity index (χ1n) is 11.7. The summed E-state index contributed by atoms with van der Waals surface area (Å²) >= 11 is 1.48. The van der Waals surface area contributed by atoms with Gasteiger partial charge >= 0.3 is 5.97 Å². The molecule has 194 valence electrons. The molecule has 1 aromatic carbocycles. The molecule has 1 aromatic rings. The minimum Gasteiger partial charge on any atom is -0.480 e. The SMILES string of the molecule is CSCC[C@@H](NC(=O)[C@H]1Cc2ccccc2CN1C(=O)[C@@H](NC(=O)C(N)CCO)C(C)C)C(=O)O. The van der Waals surface area contributed by atoms with Crippen molar-refractivity contribution in [3.63, 3.8) is 0 Å². The number of nitrogens with one attached hydrogen (secondary N) is 2. The quantitative estimate of drug-likeness (QED) is 0.266. The number of hydrogen-bond acceptors (Lipinski definition) is 7. The maximum absolute atomic E-state index is 13.7. The lowest BCUT2D eigenvalue weighted by molar-refractivity contribution is -0.147. The zero-order valence-electron chi connectivity index (χ0n) is 20.4. The monoisotopic (exact) mass is 508 g/mol. The van der Waals surface area contributed by atoms with E-state index in [1.165, 1.54) is 16.7 Å². The number of aliphatic hydroxyl groups excluding tert-OH is 1. The third-order valence-electron chi connectivity index (χ3n) is 6.07. The number of carboxylic acids is 1. The molecule has 35 heavy (non-hydrogen) atoms. The molecule has 0 saturated carbocycles. The van der Waals surface area contributed by atoms with Crippen LogP contribution in [0.3, 0.4) is 0 Å². The van der Waals surface area contributed by atoms with E-state index in [-0.39, 0.29) is 38.3 Å². The minimum atomic E-state index is -1.13. The Morgan fingerprint density at radius 2 is 1.80 bits per heavy atom. The van der Waals surface area contributed by atoms with Gasteiger partial charge in [-0.3, -0.25) is 14.4 Å². The van der Waals surface area contributed by atoms with Gasteiger partial charge < -0.3 is 31.5 Å².